The molecule has 1 amide bonds. The molecule has 2 aromatic carbocycles. The minimum Gasteiger partial charge on any atom is -0.493 e. The number of carbonyl (C=O) groups is 1. The molecule has 0 unspecified atom stereocenters. The van der Waals surface area contributed by atoms with Gasteiger partial charge in [0.15, 0.2) is 29.6 Å². The third kappa shape index (κ3) is 5.44. The lowest BCUT2D eigenvalue weighted by atomic mass is 10.1. The molecular formula is C20H25NO6. The molecule has 146 valence electrons. The number of amides is 1. The molecule has 0 atom stereocenters. The van der Waals surface area contributed by atoms with E-state index in [0.717, 1.165) is 5.56 Å². The standard InChI is InChI=1S/C20H25NO6/c1-23-15-9-8-14(12-18(15)25-3)10-11-21-19(22)13-27-17-7-5-6-16(24-2)20(17)26-4/h5-9,12H,10-11,13H2,1-4H3,(H,21,22). The normalized spacial score (nSPS) is 10.1. The van der Waals surface area contributed by atoms with E-state index in [-0.39, 0.29) is 12.5 Å². The number of nitrogens with one attached hydrogen (secondary N) is 1. The molecule has 1 N–H and O–H groups in total. The minimum absolute atomic E-state index is 0.116. The zero-order valence-corrected chi connectivity index (χ0v) is 16.0. The van der Waals surface area contributed by atoms with E-state index in [1.165, 1.54) is 7.11 Å². The van der Waals surface area contributed by atoms with Crippen LogP contribution in [-0.2, 0) is 11.2 Å². The number of ether oxygens (including phenoxy) is 5. The van der Waals surface area contributed by atoms with Gasteiger partial charge in [0.2, 0.25) is 5.75 Å². The maximum Gasteiger partial charge on any atom is 0.257 e. The summed E-state index contributed by atoms with van der Waals surface area (Å²) in [5, 5.41) is 2.83. The average Bonchev–Trinajstić information content (AvgIpc) is 2.71. The van der Waals surface area contributed by atoms with Crippen molar-refractivity contribution in [2.75, 3.05) is 41.6 Å². The van der Waals surface area contributed by atoms with Gasteiger partial charge >= 0.3 is 0 Å². The number of rotatable bonds is 10. The Balaban J connectivity index is 1.84. The first-order valence-corrected chi connectivity index (χ1v) is 8.44. The van der Waals surface area contributed by atoms with Crippen LogP contribution in [0.5, 0.6) is 28.7 Å². The molecule has 0 bridgehead atoms. The van der Waals surface area contributed by atoms with Crippen molar-refractivity contribution >= 4 is 5.91 Å². The molecular weight excluding hydrogens is 350 g/mol. The van der Waals surface area contributed by atoms with Gasteiger partial charge < -0.3 is 29.0 Å². The predicted octanol–water partition coefficient (Wildman–Crippen LogP) is 2.46. The van der Waals surface area contributed by atoms with E-state index in [2.05, 4.69) is 5.32 Å². The van der Waals surface area contributed by atoms with E-state index in [0.29, 0.717) is 41.7 Å². The minimum atomic E-state index is -0.222. The number of methoxy groups -OCH3 is 4. The summed E-state index contributed by atoms with van der Waals surface area (Å²) in [7, 11) is 6.25. The van der Waals surface area contributed by atoms with Crippen molar-refractivity contribution in [1.29, 1.82) is 0 Å². The zero-order chi connectivity index (χ0) is 19.6. The van der Waals surface area contributed by atoms with Crippen molar-refractivity contribution in [2.45, 2.75) is 6.42 Å². The highest BCUT2D eigenvalue weighted by Crippen LogP contribution is 2.36. The van der Waals surface area contributed by atoms with Gasteiger partial charge in [-0.25, -0.2) is 0 Å². The molecule has 0 radical (unpaired) electrons. The summed E-state index contributed by atoms with van der Waals surface area (Å²) in [4.78, 5) is 12.0. The number of para-hydroxylation sites is 1. The quantitative estimate of drug-likeness (QED) is 0.688. The molecule has 0 spiro atoms. The second-order valence-electron chi connectivity index (χ2n) is 5.57. The fraction of sp³-hybridized carbons (Fsp3) is 0.350. The largest absolute Gasteiger partial charge is 0.493 e. The van der Waals surface area contributed by atoms with Crippen molar-refractivity contribution in [2.24, 2.45) is 0 Å². The van der Waals surface area contributed by atoms with Gasteiger partial charge in [0.25, 0.3) is 5.91 Å². The molecule has 7 nitrogen and oxygen atoms in total. The second kappa shape index (κ2) is 10.2. The third-order valence-electron chi connectivity index (χ3n) is 3.91. The number of hydrogen-bond acceptors (Lipinski definition) is 6. The van der Waals surface area contributed by atoms with Gasteiger partial charge in [-0.15, -0.1) is 0 Å². The molecule has 0 fully saturated rings. The van der Waals surface area contributed by atoms with Crippen LogP contribution in [0.1, 0.15) is 5.56 Å². The molecule has 0 aromatic heterocycles. The summed E-state index contributed by atoms with van der Waals surface area (Å²) in [6, 6.07) is 10.9. The maximum atomic E-state index is 12.0. The smallest absolute Gasteiger partial charge is 0.257 e. The van der Waals surface area contributed by atoms with Crippen LogP contribution < -0.4 is 29.0 Å². The van der Waals surface area contributed by atoms with Gasteiger partial charge in [-0.3, -0.25) is 4.79 Å². The summed E-state index contributed by atoms with van der Waals surface area (Å²) in [6.45, 7) is 0.363. The van der Waals surface area contributed by atoms with Gasteiger partial charge in [-0.1, -0.05) is 12.1 Å². The highest BCUT2D eigenvalue weighted by atomic mass is 16.5. The van der Waals surface area contributed by atoms with Crippen molar-refractivity contribution in [3.05, 3.63) is 42.0 Å². The van der Waals surface area contributed by atoms with E-state index in [9.17, 15) is 4.79 Å². The Bertz CT molecular complexity index is 762. The Labute approximate surface area is 159 Å². The third-order valence-corrected chi connectivity index (χ3v) is 3.91. The lowest BCUT2D eigenvalue weighted by molar-refractivity contribution is -0.123. The predicted molar refractivity (Wildman–Crippen MR) is 101 cm³/mol. The Hall–Kier alpha value is -3.09. The van der Waals surface area contributed by atoms with Crippen molar-refractivity contribution < 1.29 is 28.5 Å². The highest BCUT2D eigenvalue weighted by molar-refractivity contribution is 5.77. The van der Waals surface area contributed by atoms with Crippen LogP contribution in [-0.4, -0.2) is 47.5 Å². The van der Waals surface area contributed by atoms with Gasteiger partial charge in [-0.2, -0.15) is 0 Å². The van der Waals surface area contributed by atoms with Gasteiger partial charge in [-0.05, 0) is 36.2 Å². The monoisotopic (exact) mass is 375 g/mol. The van der Waals surface area contributed by atoms with Crippen LogP contribution in [0.25, 0.3) is 0 Å². The van der Waals surface area contributed by atoms with E-state index in [4.69, 9.17) is 23.7 Å². The number of benzene rings is 2. The van der Waals surface area contributed by atoms with Crippen molar-refractivity contribution in [3.63, 3.8) is 0 Å². The Morgan fingerprint density at radius 2 is 1.56 bits per heavy atom. The van der Waals surface area contributed by atoms with Gasteiger partial charge in [0.1, 0.15) is 0 Å². The molecule has 0 aliphatic heterocycles. The summed E-state index contributed by atoms with van der Waals surface area (Å²) in [6.07, 6.45) is 0.661. The summed E-state index contributed by atoms with van der Waals surface area (Å²) in [5.41, 5.74) is 1.03. The molecule has 0 saturated carbocycles. The van der Waals surface area contributed by atoms with E-state index >= 15 is 0 Å². The zero-order valence-electron chi connectivity index (χ0n) is 16.0. The van der Waals surface area contributed by atoms with Crippen LogP contribution in [0.3, 0.4) is 0 Å². The first-order valence-electron chi connectivity index (χ1n) is 8.44. The van der Waals surface area contributed by atoms with E-state index in [1.807, 2.05) is 18.2 Å². The van der Waals surface area contributed by atoms with Crippen LogP contribution >= 0.6 is 0 Å². The fourth-order valence-corrected chi connectivity index (χ4v) is 2.55. The lowest BCUT2D eigenvalue weighted by Crippen LogP contribution is -2.30. The molecule has 0 aliphatic rings. The summed E-state index contributed by atoms with van der Waals surface area (Å²) < 4.78 is 26.5. The topological polar surface area (TPSA) is 75.3 Å². The molecule has 7 heteroatoms. The van der Waals surface area contributed by atoms with E-state index in [1.54, 1.807) is 39.5 Å². The highest BCUT2D eigenvalue weighted by Gasteiger charge is 2.12. The lowest BCUT2D eigenvalue weighted by Gasteiger charge is -2.13. The molecule has 0 heterocycles. The Kier molecular flexibility index (Phi) is 7.61. The second-order valence-corrected chi connectivity index (χ2v) is 5.57. The van der Waals surface area contributed by atoms with E-state index < -0.39 is 0 Å². The van der Waals surface area contributed by atoms with Gasteiger partial charge in [0.05, 0.1) is 28.4 Å². The molecule has 0 aliphatic carbocycles. The van der Waals surface area contributed by atoms with Crippen LogP contribution in [0.4, 0.5) is 0 Å². The fourth-order valence-electron chi connectivity index (χ4n) is 2.55. The number of hydrogen-bond donors (Lipinski definition) is 1. The van der Waals surface area contributed by atoms with Crippen LogP contribution in [0.2, 0.25) is 0 Å². The molecule has 2 aromatic rings. The first-order chi connectivity index (χ1) is 13.1. The molecule has 27 heavy (non-hydrogen) atoms. The summed E-state index contributed by atoms with van der Waals surface area (Å²) in [5.74, 6) is 2.56. The Morgan fingerprint density at radius 3 is 2.22 bits per heavy atom. The Morgan fingerprint density at radius 1 is 0.852 bits per heavy atom. The van der Waals surface area contributed by atoms with Crippen molar-refractivity contribution in [3.8, 4) is 28.7 Å². The van der Waals surface area contributed by atoms with Crippen molar-refractivity contribution in [1.82, 2.24) is 5.32 Å². The van der Waals surface area contributed by atoms with Gasteiger partial charge in [0, 0.05) is 6.54 Å². The summed E-state index contributed by atoms with van der Waals surface area (Å²) >= 11 is 0. The number of carbonyl (C=O) groups excluding carboxylic acids is 1. The SMILES string of the molecule is COc1ccc(CCNC(=O)COc2cccc(OC)c2OC)cc1OC. The van der Waals surface area contributed by atoms with Crippen LogP contribution in [0, 0.1) is 0 Å². The average molecular weight is 375 g/mol. The molecule has 0 saturated heterocycles. The first kappa shape index (κ1) is 20.2. The maximum absolute atomic E-state index is 12.0. The van der Waals surface area contributed by atoms with Crippen LogP contribution in [0.15, 0.2) is 36.4 Å². The molecule has 2 rings (SSSR count).